The molecule has 1 fully saturated rings. The molecule has 7 nitrogen and oxygen atoms in total. The van der Waals surface area contributed by atoms with Gasteiger partial charge in [-0.2, -0.15) is 0 Å². The normalized spacial score (nSPS) is 20.7. The van der Waals surface area contributed by atoms with E-state index in [2.05, 4.69) is 55.4 Å². The van der Waals surface area contributed by atoms with Gasteiger partial charge in [0.1, 0.15) is 6.04 Å². The molecule has 0 spiro atoms. The van der Waals surface area contributed by atoms with E-state index in [1.807, 2.05) is 25.2 Å². The number of ether oxygens (including phenoxy) is 1. The van der Waals surface area contributed by atoms with E-state index in [1.54, 1.807) is 0 Å². The molecule has 3 N–H and O–H groups in total. The predicted molar refractivity (Wildman–Crippen MR) is 145 cm³/mol. The van der Waals surface area contributed by atoms with Gasteiger partial charge in [-0.15, -0.1) is 0 Å². The summed E-state index contributed by atoms with van der Waals surface area (Å²) in [4.78, 5) is 26.9. The highest BCUT2D eigenvalue weighted by Gasteiger charge is 2.26. The number of nitrogens with zero attached hydrogens (tertiary/aromatic N) is 1. The van der Waals surface area contributed by atoms with Crippen LogP contribution in [0, 0.1) is 5.41 Å². The molecule has 0 aromatic carbocycles. The van der Waals surface area contributed by atoms with E-state index in [0.717, 1.165) is 24.2 Å². The quantitative estimate of drug-likeness (QED) is 0.299. The van der Waals surface area contributed by atoms with E-state index in [4.69, 9.17) is 4.74 Å². The first-order valence-electron chi connectivity index (χ1n) is 13.0. The zero-order chi connectivity index (χ0) is 26.6. The molecule has 2 aliphatic rings. The number of carbonyl (C=O) groups is 2. The third kappa shape index (κ3) is 10.2. The van der Waals surface area contributed by atoms with Gasteiger partial charge in [0.25, 0.3) is 0 Å². The van der Waals surface area contributed by atoms with E-state index in [0.29, 0.717) is 26.3 Å². The smallest absolute Gasteiger partial charge is 0.245 e. The maximum Gasteiger partial charge on any atom is 0.245 e. The van der Waals surface area contributed by atoms with Crippen molar-refractivity contribution in [2.45, 2.75) is 59.9 Å². The van der Waals surface area contributed by atoms with Gasteiger partial charge in [-0.25, -0.2) is 0 Å². The van der Waals surface area contributed by atoms with Gasteiger partial charge in [-0.05, 0) is 56.6 Å². The van der Waals surface area contributed by atoms with Gasteiger partial charge in [0.15, 0.2) is 0 Å². The summed E-state index contributed by atoms with van der Waals surface area (Å²) in [7, 11) is 0. The van der Waals surface area contributed by atoms with Crippen LogP contribution < -0.4 is 10.6 Å². The second-order valence-corrected chi connectivity index (χ2v) is 10.4. The zero-order valence-electron chi connectivity index (χ0n) is 22.7. The summed E-state index contributed by atoms with van der Waals surface area (Å²) in [6, 6.07) is -0.982. The Morgan fingerprint density at radius 2 is 1.89 bits per heavy atom. The van der Waals surface area contributed by atoms with E-state index < -0.39 is 24.5 Å². The first-order valence-corrected chi connectivity index (χ1v) is 13.0. The number of morpholine rings is 1. The number of nitrogens with one attached hydrogen (secondary N) is 2. The SMILES string of the molecule is CC(C=CC1=C(C)CCCC1(C)C)=CC=CC(C)=CC(=O)N[C@@H](CO)C(=O)NCCN1CCOCC1. The van der Waals surface area contributed by atoms with Crippen LogP contribution in [0.25, 0.3) is 0 Å². The molecule has 2 rings (SSSR count). The highest BCUT2D eigenvalue weighted by molar-refractivity contribution is 5.93. The van der Waals surface area contributed by atoms with Gasteiger partial charge in [-0.1, -0.05) is 55.4 Å². The maximum atomic E-state index is 12.3. The number of hydrogen-bond donors (Lipinski definition) is 3. The molecule has 0 aromatic heterocycles. The molecular weight excluding hydrogens is 454 g/mol. The summed E-state index contributed by atoms with van der Waals surface area (Å²) in [5.74, 6) is -0.806. The van der Waals surface area contributed by atoms with Gasteiger partial charge in [-0.3, -0.25) is 14.5 Å². The molecule has 0 radical (unpaired) electrons. The first-order chi connectivity index (χ1) is 17.1. The average molecular weight is 500 g/mol. The minimum absolute atomic E-state index is 0.216. The summed E-state index contributed by atoms with van der Waals surface area (Å²) in [6.07, 6.45) is 15.2. The molecule has 1 saturated heterocycles. The van der Waals surface area contributed by atoms with Gasteiger partial charge >= 0.3 is 0 Å². The standard InChI is InChI=1S/C29H45N3O4/c1-22(11-12-25-24(3)10-7-13-29(25,4)5)8-6-9-23(2)20-27(34)31-26(21-33)28(35)30-14-15-32-16-18-36-19-17-32/h6,8-9,11-12,20,26,33H,7,10,13-19,21H2,1-5H3,(H,30,35)(H,31,34)/t26-/m0/s1. The highest BCUT2D eigenvalue weighted by Crippen LogP contribution is 2.40. The van der Waals surface area contributed by atoms with Crippen molar-refractivity contribution in [1.82, 2.24) is 15.5 Å². The Morgan fingerprint density at radius 3 is 2.56 bits per heavy atom. The maximum absolute atomic E-state index is 12.3. The summed E-state index contributed by atoms with van der Waals surface area (Å²) in [5, 5.41) is 14.9. The van der Waals surface area contributed by atoms with Crippen LogP contribution in [-0.4, -0.2) is 73.9 Å². The van der Waals surface area contributed by atoms with Crippen molar-refractivity contribution in [2.75, 3.05) is 46.0 Å². The van der Waals surface area contributed by atoms with Crippen LogP contribution in [0.4, 0.5) is 0 Å². The molecule has 1 heterocycles. The second kappa shape index (κ2) is 14.9. The van der Waals surface area contributed by atoms with Gasteiger partial charge in [0.05, 0.1) is 19.8 Å². The molecule has 0 bridgehead atoms. The van der Waals surface area contributed by atoms with Crippen molar-refractivity contribution < 1.29 is 19.4 Å². The lowest BCUT2D eigenvalue weighted by Gasteiger charge is -2.32. The Kier molecular flexibility index (Phi) is 12.3. The molecule has 36 heavy (non-hydrogen) atoms. The molecule has 2 amide bonds. The third-order valence-electron chi connectivity index (χ3n) is 6.78. The van der Waals surface area contributed by atoms with Crippen molar-refractivity contribution in [2.24, 2.45) is 5.41 Å². The number of allylic oxidation sites excluding steroid dienone is 9. The topological polar surface area (TPSA) is 90.9 Å². The van der Waals surface area contributed by atoms with E-state index in [-0.39, 0.29) is 5.41 Å². The lowest BCUT2D eigenvalue weighted by Crippen LogP contribution is -2.50. The van der Waals surface area contributed by atoms with E-state index in [1.165, 1.54) is 36.5 Å². The second-order valence-electron chi connectivity index (χ2n) is 10.4. The van der Waals surface area contributed by atoms with E-state index >= 15 is 0 Å². The van der Waals surface area contributed by atoms with Crippen LogP contribution in [0.5, 0.6) is 0 Å². The number of rotatable bonds is 11. The Hall–Kier alpha value is -2.48. The molecule has 1 atom stereocenters. The molecule has 1 aliphatic carbocycles. The summed E-state index contributed by atoms with van der Waals surface area (Å²) < 4.78 is 5.31. The van der Waals surface area contributed by atoms with Crippen molar-refractivity contribution in [1.29, 1.82) is 0 Å². The Labute approximate surface area is 217 Å². The minimum Gasteiger partial charge on any atom is -0.394 e. The lowest BCUT2D eigenvalue weighted by atomic mass is 9.72. The van der Waals surface area contributed by atoms with Crippen LogP contribution >= 0.6 is 0 Å². The van der Waals surface area contributed by atoms with Crippen LogP contribution in [-0.2, 0) is 14.3 Å². The van der Waals surface area contributed by atoms with Gasteiger partial charge in [0.2, 0.25) is 11.8 Å². The summed E-state index contributed by atoms with van der Waals surface area (Å²) >= 11 is 0. The van der Waals surface area contributed by atoms with Crippen molar-refractivity contribution >= 4 is 11.8 Å². The molecular formula is C29H45N3O4. The molecule has 1 aliphatic heterocycles. The number of hydrogen-bond acceptors (Lipinski definition) is 5. The van der Waals surface area contributed by atoms with Crippen molar-refractivity contribution in [3.05, 3.63) is 58.7 Å². The predicted octanol–water partition coefficient (Wildman–Crippen LogP) is 3.44. The van der Waals surface area contributed by atoms with Crippen LogP contribution in [0.1, 0.15) is 53.9 Å². The number of carbonyl (C=O) groups excluding carboxylic acids is 2. The van der Waals surface area contributed by atoms with Gasteiger partial charge in [0, 0.05) is 32.3 Å². The number of aliphatic hydroxyl groups excluding tert-OH is 1. The largest absolute Gasteiger partial charge is 0.394 e. The molecule has 0 aromatic rings. The van der Waals surface area contributed by atoms with Crippen molar-refractivity contribution in [3.63, 3.8) is 0 Å². The lowest BCUT2D eigenvalue weighted by molar-refractivity contribution is -0.128. The fraction of sp³-hybridized carbons (Fsp3) is 0.586. The van der Waals surface area contributed by atoms with Crippen LogP contribution in [0.2, 0.25) is 0 Å². The molecule has 0 saturated carbocycles. The Balaban J connectivity index is 1.83. The summed E-state index contributed by atoms with van der Waals surface area (Å²) in [6.45, 7) is 14.5. The summed E-state index contributed by atoms with van der Waals surface area (Å²) in [5.41, 5.74) is 4.99. The first kappa shape index (κ1) is 29.7. The zero-order valence-corrected chi connectivity index (χ0v) is 22.7. The monoisotopic (exact) mass is 499 g/mol. The molecule has 7 heteroatoms. The van der Waals surface area contributed by atoms with E-state index in [9.17, 15) is 14.7 Å². The third-order valence-corrected chi connectivity index (χ3v) is 6.78. The fourth-order valence-electron chi connectivity index (χ4n) is 4.58. The fourth-order valence-corrected chi connectivity index (χ4v) is 4.58. The van der Waals surface area contributed by atoms with Crippen LogP contribution in [0.15, 0.2) is 58.7 Å². The minimum atomic E-state index is -0.982. The number of amides is 2. The van der Waals surface area contributed by atoms with Crippen molar-refractivity contribution in [3.8, 4) is 0 Å². The molecule has 200 valence electrons. The van der Waals surface area contributed by atoms with Crippen LogP contribution in [0.3, 0.4) is 0 Å². The Morgan fingerprint density at radius 1 is 1.17 bits per heavy atom. The number of aliphatic hydroxyl groups is 1. The Bertz CT molecular complexity index is 905. The van der Waals surface area contributed by atoms with Gasteiger partial charge < -0.3 is 20.5 Å². The highest BCUT2D eigenvalue weighted by atomic mass is 16.5. The average Bonchev–Trinajstić information content (AvgIpc) is 2.82. The molecule has 0 unspecified atom stereocenters.